The van der Waals surface area contributed by atoms with Crippen molar-refractivity contribution in [3.63, 3.8) is 0 Å². The van der Waals surface area contributed by atoms with Gasteiger partial charge in [-0.05, 0) is 12.1 Å². The molecule has 2 aliphatic rings. The van der Waals surface area contributed by atoms with E-state index < -0.39 is 31.0 Å². The van der Waals surface area contributed by atoms with Crippen LogP contribution in [0.25, 0.3) is 0 Å². The average Bonchev–Trinajstić information content (AvgIpc) is 2.62. The van der Waals surface area contributed by atoms with Crippen molar-refractivity contribution in [1.82, 2.24) is 5.32 Å². The molecule has 1 fully saturated rings. The number of anilines is 1. The largest absolute Gasteiger partial charge is 0.486 e. The first kappa shape index (κ1) is 14.5. The normalized spacial score (nSPS) is 35.4. The molecular formula is C14H17F3N2O2. The lowest BCUT2D eigenvalue weighted by atomic mass is 10.0. The van der Waals surface area contributed by atoms with Crippen molar-refractivity contribution in [3.8, 4) is 5.75 Å². The number of alkyl halides is 3. The summed E-state index contributed by atoms with van der Waals surface area (Å²) in [7, 11) is 1.51. The van der Waals surface area contributed by atoms with E-state index in [0.717, 1.165) is 4.90 Å². The summed E-state index contributed by atoms with van der Waals surface area (Å²) in [5, 5.41) is 2.00. The highest BCUT2D eigenvalue weighted by Gasteiger charge is 2.47. The third-order valence-electron chi connectivity index (χ3n) is 3.81. The van der Waals surface area contributed by atoms with Crippen molar-refractivity contribution < 1.29 is 22.6 Å². The molecule has 1 saturated heterocycles. The predicted molar refractivity (Wildman–Crippen MR) is 71.4 cm³/mol. The minimum absolute atomic E-state index is 0.198. The lowest BCUT2D eigenvalue weighted by Crippen LogP contribution is -2.64. The van der Waals surface area contributed by atoms with Gasteiger partial charge in [-0.25, -0.2) is 13.2 Å². The van der Waals surface area contributed by atoms with Crippen LogP contribution in [0.1, 0.15) is 6.42 Å². The van der Waals surface area contributed by atoms with E-state index in [1.165, 1.54) is 7.11 Å². The first-order chi connectivity index (χ1) is 10.1. The highest BCUT2D eigenvalue weighted by molar-refractivity contribution is 5.61. The molecule has 5 atom stereocenters. The molecule has 0 amide bonds. The summed E-state index contributed by atoms with van der Waals surface area (Å²) in [6, 6.07) is 5.84. The summed E-state index contributed by atoms with van der Waals surface area (Å²) in [6.45, 7) is 0.251. The number of benzene rings is 1. The number of methoxy groups -OCH3 is 1. The van der Waals surface area contributed by atoms with Gasteiger partial charge in [0.05, 0.1) is 18.3 Å². The summed E-state index contributed by atoms with van der Waals surface area (Å²) < 4.78 is 52.9. The van der Waals surface area contributed by atoms with Gasteiger partial charge in [0.15, 0.2) is 6.30 Å². The molecule has 0 aromatic heterocycles. The SMILES string of the molecule is COCC1CC2C(F)NC(F)C(F)N2c2ccccc2O1. The lowest BCUT2D eigenvalue weighted by molar-refractivity contribution is 0.0114. The van der Waals surface area contributed by atoms with E-state index in [1.54, 1.807) is 24.3 Å². The van der Waals surface area contributed by atoms with Crippen LogP contribution in [0, 0.1) is 0 Å². The number of nitrogens with zero attached hydrogens (tertiary/aromatic N) is 1. The number of hydrogen-bond acceptors (Lipinski definition) is 4. The Hall–Kier alpha value is -1.47. The van der Waals surface area contributed by atoms with E-state index in [-0.39, 0.29) is 13.0 Å². The van der Waals surface area contributed by atoms with Crippen molar-refractivity contribution in [2.45, 2.75) is 37.5 Å². The summed E-state index contributed by atoms with van der Waals surface area (Å²) >= 11 is 0. The first-order valence-corrected chi connectivity index (χ1v) is 6.83. The van der Waals surface area contributed by atoms with Crippen LogP contribution in [0.2, 0.25) is 0 Å². The molecule has 0 bridgehead atoms. The van der Waals surface area contributed by atoms with Crippen LogP contribution in [0.3, 0.4) is 0 Å². The lowest BCUT2D eigenvalue weighted by Gasteiger charge is -2.42. The fourth-order valence-corrected chi connectivity index (χ4v) is 2.91. The molecular weight excluding hydrogens is 285 g/mol. The second-order valence-electron chi connectivity index (χ2n) is 5.22. The molecule has 0 radical (unpaired) electrons. The third-order valence-corrected chi connectivity index (χ3v) is 3.81. The zero-order valence-corrected chi connectivity index (χ0v) is 11.5. The Kier molecular flexibility index (Phi) is 3.95. The molecule has 2 aliphatic heterocycles. The Bertz CT molecular complexity index is 505. The quantitative estimate of drug-likeness (QED) is 0.849. The molecule has 4 nitrogen and oxygen atoms in total. The summed E-state index contributed by atoms with van der Waals surface area (Å²) in [5.41, 5.74) is 0.361. The van der Waals surface area contributed by atoms with Gasteiger partial charge in [0.1, 0.15) is 11.9 Å². The molecule has 1 aromatic rings. The summed E-state index contributed by atoms with van der Waals surface area (Å²) in [6.07, 6.45) is -5.95. The third kappa shape index (κ3) is 2.55. The van der Waals surface area contributed by atoms with E-state index in [9.17, 15) is 13.2 Å². The second-order valence-corrected chi connectivity index (χ2v) is 5.22. The van der Waals surface area contributed by atoms with Crippen molar-refractivity contribution in [2.75, 3.05) is 18.6 Å². The Morgan fingerprint density at radius 1 is 1.29 bits per heavy atom. The molecule has 0 spiro atoms. The number of hydrogen-bond donors (Lipinski definition) is 1. The fourth-order valence-electron chi connectivity index (χ4n) is 2.91. The zero-order valence-electron chi connectivity index (χ0n) is 11.5. The smallest absolute Gasteiger partial charge is 0.218 e. The van der Waals surface area contributed by atoms with Gasteiger partial charge in [-0.2, -0.15) is 0 Å². The Balaban J connectivity index is 2.02. The van der Waals surface area contributed by atoms with Gasteiger partial charge in [0, 0.05) is 13.5 Å². The van der Waals surface area contributed by atoms with Crippen LogP contribution < -0.4 is 15.0 Å². The van der Waals surface area contributed by atoms with Crippen LogP contribution in [0.5, 0.6) is 5.75 Å². The summed E-state index contributed by atoms with van der Waals surface area (Å²) in [4.78, 5) is 1.14. The maximum Gasteiger partial charge on any atom is 0.218 e. The van der Waals surface area contributed by atoms with E-state index in [2.05, 4.69) is 0 Å². The number of ether oxygens (including phenoxy) is 2. The maximum atomic E-state index is 14.3. The van der Waals surface area contributed by atoms with Crippen LogP contribution >= 0.6 is 0 Å². The maximum absolute atomic E-state index is 14.3. The summed E-state index contributed by atoms with van der Waals surface area (Å²) in [5.74, 6) is 0.408. The standard InChI is InChI=1S/C14H17F3N2O2/c1-20-7-8-6-10-12(15)18-13(16)14(17)19(10)9-4-2-3-5-11(9)21-8/h2-5,8,10,12-14,18H,6-7H2,1H3. The number of nitrogens with one attached hydrogen (secondary N) is 1. The van der Waals surface area contributed by atoms with Gasteiger partial charge in [-0.3, -0.25) is 5.32 Å². The van der Waals surface area contributed by atoms with Crippen molar-refractivity contribution in [2.24, 2.45) is 0 Å². The highest BCUT2D eigenvalue weighted by atomic mass is 19.2. The molecule has 2 heterocycles. The predicted octanol–water partition coefficient (Wildman–Crippen LogP) is 2.15. The van der Waals surface area contributed by atoms with Gasteiger partial charge in [-0.15, -0.1) is 0 Å². The van der Waals surface area contributed by atoms with Crippen molar-refractivity contribution in [1.29, 1.82) is 0 Å². The number of para-hydroxylation sites is 2. The van der Waals surface area contributed by atoms with Crippen molar-refractivity contribution >= 4 is 5.69 Å². The zero-order chi connectivity index (χ0) is 15.0. The van der Waals surface area contributed by atoms with Crippen LogP contribution in [-0.4, -0.2) is 44.7 Å². The number of halogens is 3. The van der Waals surface area contributed by atoms with Gasteiger partial charge >= 0.3 is 0 Å². The molecule has 1 aromatic carbocycles. The first-order valence-electron chi connectivity index (χ1n) is 6.83. The average molecular weight is 302 g/mol. The van der Waals surface area contributed by atoms with E-state index >= 15 is 0 Å². The minimum atomic E-state index is -2.08. The van der Waals surface area contributed by atoms with Crippen LogP contribution in [0.4, 0.5) is 18.9 Å². The Morgan fingerprint density at radius 2 is 2.05 bits per heavy atom. The monoisotopic (exact) mass is 302 g/mol. The van der Waals surface area contributed by atoms with Crippen LogP contribution in [-0.2, 0) is 4.74 Å². The van der Waals surface area contributed by atoms with Crippen LogP contribution in [0.15, 0.2) is 24.3 Å². The van der Waals surface area contributed by atoms with E-state index in [0.29, 0.717) is 11.4 Å². The number of rotatable bonds is 2. The van der Waals surface area contributed by atoms with E-state index in [4.69, 9.17) is 9.47 Å². The van der Waals surface area contributed by atoms with Gasteiger partial charge in [0.25, 0.3) is 0 Å². The molecule has 0 aliphatic carbocycles. The Morgan fingerprint density at radius 3 is 2.81 bits per heavy atom. The number of piperazine rings is 1. The van der Waals surface area contributed by atoms with E-state index in [1.807, 2.05) is 5.32 Å². The molecule has 7 heteroatoms. The number of fused-ring (bicyclic) bond motifs is 3. The minimum Gasteiger partial charge on any atom is -0.486 e. The molecule has 21 heavy (non-hydrogen) atoms. The van der Waals surface area contributed by atoms with Gasteiger partial charge in [-0.1, -0.05) is 12.1 Å². The molecule has 5 unspecified atom stereocenters. The van der Waals surface area contributed by atoms with Gasteiger partial charge < -0.3 is 14.4 Å². The molecule has 3 rings (SSSR count). The second kappa shape index (κ2) is 5.73. The highest BCUT2D eigenvalue weighted by Crippen LogP contribution is 2.40. The Labute approximate surface area is 120 Å². The van der Waals surface area contributed by atoms with Crippen molar-refractivity contribution in [3.05, 3.63) is 24.3 Å². The fraction of sp³-hybridized carbons (Fsp3) is 0.571. The van der Waals surface area contributed by atoms with Gasteiger partial charge in [0.2, 0.25) is 12.6 Å². The molecule has 1 N–H and O–H groups in total. The topological polar surface area (TPSA) is 33.7 Å². The molecule has 0 saturated carbocycles. The molecule has 116 valence electrons.